The Labute approximate surface area is 188 Å². The van der Waals surface area contributed by atoms with Crippen LogP contribution < -0.4 is 5.32 Å². The zero-order chi connectivity index (χ0) is 22.5. The number of aromatic nitrogens is 1. The molecule has 2 fully saturated rings. The Bertz CT molecular complexity index is 918. The van der Waals surface area contributed by atoms with Crippen LogP contribution in [0, 0.1) is 41.4 Å². The van der Waals surface area contributed by atoms with Gasteiger partial charge in [0.25, 0.3) is 0 Å². The van der Waals surface area contributed by atoms with E-state index in [-0.39, 0.29) is 53.4 Å². The van der Waals surface area contributed by atoms with Crippen molar-refractivity contribution < 1.29 is 14.7 Å². The average Bonchev–Trinajstić information content (AvgIpc) is 3.49. The lowest BCUT2D eigenvalue weighted by atomic mass is 9.53. The largest absolute Gasteiger partial charge is 0.392 e. The molecule has 1 heterocycles. The van der Waals surface area contributed by atoms with Crippen molar-refractivity contribution >= 4 is 28.3 Å². The topological polar surface area (TPSA) is 82.5 Å². The zero-order valence-electron chi connectivity index (χ0n) is 18.9. The molecular formula is C24H33N3O3S. The van der Waals surface area contributed by atoms with Gasteiger partial charge in [-0.25, -0.2) is 4.98 Å². The van der Waals surface area contributed by atoms with Crippen molar-refractivity contribution in [1.29, 1.82) is 0 Å². The number of aliphatic hydroxyl groups excluding tert-OH is 1. The predicted molar refractivity (Wildman–Crippen MR) is 122 cm³/mol. The van der Waals surface area contributed by atoms with E-state index in [0.29, 0.717) is 5.13 Å². The molecule has 0 saturated heterocycles. The van der Waals surface area contributed by atoms with Crippen LogP contribution in [0.5, 0.6) is 0 Å². The molecule has 1 aromatic heterocycles. The highest BCUT2D eigenvalue weighted by Gasteiger charge is 2.54. The fourth-order valence-electron chi connectivity index (χ4n) is 5.90. The lowest BCUT2D eigenvalue weighted by molar-refractivity contribution is -0.142. The van der Waals surface area contributed by atoms with Gasteiger partial charge in [0.15, 0.2) is 5.13 Å². The van der Waals surface area contributed by atoms with Crippen molar-refractivity contribution in [3.8, 4) is 12.3 Å². The molecule has 0 aliphatic heterocycles. The lowest BCUT2D eigenvalue weighted by Gasteiger charge is -2.53. The molecule has 2 amide bonds. The van der Waals surface area contributed by atoms with Crippen LogP contribution in [0.4, 0.5) is 5.13 Å². The van der Waals surface area contributed by atoms with Crippen LogP contribution >= 0.6 is 11.3 Å². The highest BCUT2D eigenvalue weighted by atomic mass is 32.1. The number of amides is 2. The van der Waals surface area contributed by atoms with E-state index in [2.05, 4.69) is 25.1 Å². The number of nitrogens with one attached hydrogen (secondary N) is 1. The Morgan fingerprint density at radius 2 is 2.13 bits per heavy atom. The molecular weight excluding hydrogens is 410 g/mol. The molecule has 1 aromatic rings. The van der Waals surface area contributed by atoms with Gasteiger partial charge in [0.2, 0.25) is 11.8 Å². The first-order chi connectivity index (χ1) is 14.7. The summed E-state index contributed by atoms with van der Waals surface area (Å²) in [6.45, 7) is 6.59. The van der Waals surface area contributed by atoms with Crippen LogP contribution in [0.2, 0.25) is 0 Å². The minimum Gasteiger partial charge on any atom is -0.392 e. The normalized spacial score (nSPS) is 32.9. The highest BCUT2D eigenvalue weighted by molar-refractivity contribution is 7.15. The van der Waals surface area contributed by atoms with Crippen molar-refractivity contribution in [2.24, 2.45) is 29.1 Å². The molecule has 0 spiro atoms. The summed E-state index contributed by atoms with van der Waals surface area (Å²) in [5.74, 6) is 2.45. The van der Waals surface area contributed by atoms with Gasteiger partial charge in [-0.1, -0.05) is 26.7 Å². The van der Waals surface area contributed by atoms with Crippen LogP contribution in [0.25, 0.3) is 0 Å². The highest BCUT2D eigenvalue weighted by Crippen LogP contribution is 2.57. The lowest BCUT2D eigenvalue weighted by Crippen LogP contribution is -2.53. The SMILES string of the molecule is C#CCN(C)C(=O)[C@@H](C)[C@@H]1CC[C@]2(C)Cc3sc(NC(=O)C4CC4)nc3[C@H](C)[C@@H]2[C@H]1O. The minimum absolute atomic E-state index is 0.00603. The van der Waals surface area contributed by atoms with Crippen molar-refractivity contribution in [2.45, 2.75) is 64.9 Å². The number of thiazole rings is 1. The van der Waals surface area contributed by atoms with Gasteiger partial charge in [-0.3, -0.25) is 9.59 Å². The number of terminal acetylenes is 1. The van der Waals surface area contributed by atoms with Crippen molar-refractivity contribution in [2.75, 3.05) is 18.9 Å². The van der Waals surface area contributed by atoms with Crippen LogP contribution in [0.3, 0.4) is 0 Å². The number of carbonyl (C=O) groups is 2. The Balaban J connectivity index is 1.55. The van der Waals surface area contributed by atoms with Gasteiger partial charge in [0.1, 0.15) is 0 Å². The summed E-state index contributed by atoms with van der Waals surface area (Å²) in [4.78, 5) is 32.6. The molecule has 0 aromatic carbocycles. The van der Waals surface area contributed by atoms with Gasteiger partial charge in [0, 0.05) is 29.7 Å². The number of anilines is 1. The number of rotatable bonds is 5. The summed E-state index contributed by atoms with van der Waals surface area (Å²) in [6.07, 6.45) is 9.36. The fraction of sp³-hybridized carbons (Fsp3) is 0.708. The summed E-state index contributed by atoms with van der Waals surface area (Å²) < 4.78 is 0. The number of hydrogen-bond donors (Lipinski definition) is 2. The number of nitrogens with zero attached hydrogens (tertiary/aromatic N) is 2. The Kier molecular flexibility index (Phi) is 5.91. The van der Waals surface area contributed by atoms with E-state index in [1.54, 1.807) is 23.3 Å². The van der Waals surface area contributed by atoms with Crippen molar-refractivity contribution in [3.63, 3.8) is 0 Å². The fourth-order valence-corrected chi connectivity index (χ4v) is 7.17. The smallest absolute Gasteiger partial charge is 0.229 e. The molecule has 0 unspecified atom stereocenters. The van der Waals surface area contributed by atoms with E-state index < -0.39 is 6.10 Å². The maximum absolute atomic E-state index is 12.8. The van der Waals surface area contributed by atoms with Crippen LogP contribution in [-0.4, -0.2) is 46.5 Å². The predicted octanol–water partition coefficient (Wildman–Crippen LogP) is 3.27. The van der Waals surface area contributed by atoms with Gasteiger partial charge in [-0.15, -0.1) is 17.8 Å². The Morgan fingerprint density at radius 1 is 1.42 bits per heavy atom. The molecule has 6 atom stereocenters. The van der Waals surface area contributed by atoms with Gasteiger partial charge >= 0.3 is 0 Å². The maximum Gasteiger partial charge on any atom is 0.229 e. The monoisotopic (exact) mass is 443 g/mol. The van der Waals surface area contributed by atoms with E-state index in [1.807, 2.05) is 6.92 Å². The Hall–Kier alpha value is -1.91. The van der Waals surface area contributed by atoms with Crippen LogP contribution in [0.1, 0.15) is 62.9 Å². The first-order valence-corrected chi connectivity index (χ1v) is 12.1. The zero-order valence-corrected chi connectivity index (χ0v) is 19.7. The van der Waals surface area contributed by atoms with E-state index in [9.17, 15) is 14.7 Å². The van der Waals surface area contributed by atoms with E-state index >= 15 is 0 Å². The molecule has 168 valence electrons. The molecule has 6 nitrogen and oxygen atoms in total. The molecule has 4 rings (SSSR count). The summed E-state index contributed by atoms with van der Waals surface area (Å²) in [5.41, 5.74) is 0.960. The number of hydrogen-bond acceptors (Lipinski definition) is 5. The third kappa shape index (κ3) is 4.01. The molecule has 3 aliphatic rings. The van der Waals surface area contributed by atoms with Crippen LogP contribution in [-0.2, 0) is 16.0 Å². The molecule has 31 heavy (non-hydrogen) atoms. The number of fused-ring (bicyclic) bond motifs is 2. The van der Waals surface area contributed by atoms with E-state index in [4.69, 9.17) is 11.4 Å². The quantitative estimate of drug-likeness (QED) is 0.685. The first kappa shape index (κ1) is 22.3. The second kappa shape index (κ2) is 8.22. The third-order valence-corrected chi connectivity index (χ3v) is 8.82. The number of carbonyl (C=O) groups excluding carboxylic acids is 2. The van der Waals surface area contributed by atoms with Crippen molar-refractivity contribution in [1.82, 2.24) is 9.88 Å². The van der Waals surface area contributed by atoms with Gasteiger partial charge < -0.3 is 15.3 Å². The summed E-state index contributed by atoms with van der Waals surface area (Å²) in [6, 6.07) is 0. The molecule has 7 heteroatoms. The first-order valence-electron chi connectivity index (χ1n) is 11.3. The van der Waals surface area contributed by atoms with E-state index in [0.717, 1.165) is 37.8 Å². The Morgan fingerprint density at radius 3 is 2.77 bits per heavy atom. The minimum atomic E-state index is -0.578. The average molecular weight is 444 g/mol. The van der Waals surface area contributed by atoms with Gasteiger partial charge in [0.05, 0.1) is 18.3 Å². The summed E-state index contributed by atoms with van der Waals surface area (Å²) in [7, 11) is 1.72. The standard InChI is InChI=1S/C24H33N3O3S/c1-6-11-27(5)22(30)13(2)16-9-10-24(4)12-17-19(14(3)18(24)20(16)28)25-23(31-17)26-21(29)15-7-8-15/h1,13-16,18,20,28H,7-12H2,2-5H3,(H,25,26,29)/t13-,14+,16-,18+,20-,24+/m0/s1. The molecule has 2 N–H and O–H groups in total. The summed E-state index contributed by atoms with van der Waals surface area (Å²) in [5, 5.41) is 15.2. The second-order valence-corrected chi connectivity index (χ2v) is 11.2. The van der Waals surface area contributed by atoms with E-state index in [1.165, 1.54) is 4.88 Å². The van der Waals surface area contributed by atoms with Gasteiger partial charge in [-0.2, -0.15) is 0 Å². The van der Waals surface area contributed by atoms with Gasteiger partial charge in [-0.05, 0) is 49.4 Å². The van der Waals surface area contributed by atoms with Crippen LogP contribution in [0.15, 0.2) is 0 Å². The number of aliphatic hydroxyl groups is 1. The molecule has 0 radical (unpaired) electrons. The maximum atomic E-state index is 12.8. The third-order valence-electron chi connectivity index (χ3n) is 7.84. The second-order valence-electron chi connectivity index (χ2n) is 10.1. The molecule has 2 saturated carbocycles. The molecule has 0 bridgehead atoms. The van der Waals surface area contributed by atoms with Crippen molar-refractivity contribution in [3.05, 3.63) is 10.6 Å². The molecule has 3 aliphatic carbocycles. The summed E-state index contributed by atoms with van der Waals surface area (Å²) >= 11 is 1.59.